The van der Waals surface area contributed by atoms with Gasteiger partial charge in [-0.15, -0.1) is 0 Å². The molecule has 0 aliphatic heterocycles. The Balaban J connectivity index is 2.89. The van der Waals surface area contributed by atoms with Gasteiger partial charge in [0, 0.05) is 12.1 Å². The molecule has 0 aromatic heterocycles. The molecular formula is C11H10ClNO4. The van der Waals surface area contributed by atoms with Crippen molar-refractivity contribution < 1.29 is 14.5 Å². The summed E-state index contributed by atoms with van der Waals surface area (Å²) in [6.07, 6.45) is 2.64. The normalized spacial score (nSPS) is 10.5. The van der Waals surface area contributed by atoms with Crippen molar-refractivity contribution in [1.29, 1.82) is 0 Å². The van der Waals surface area contributed by atoms with Crippen molar-refractivity contribution in [1.82, 2.24) is 0 Å². The molecule has 0 aliphatic carbocycles. The Hall–Kier alpha value is -1.88. The first kappa shape index (κ1) is 13.2. The van der Waals surface area contributed by atoms with E-state index in [-0.39, 0.29) is 17.3 Å². The lowest BCUT2D eigenvalue weighted by Gasteiger charge is -1.97. The van der Waals surface area contributed by atoms with Crippen LogP contribution in [0.25, 0.3) is 6.08 Å². The first-order valence-electron chi connectivity index (χ1n) is 4.83. The smallest absolute Gasteiger partial charge is 0.330 e. The van der Waals surface area contributed by atoms with Crippen LogP contribution in [0.3, 0.4) is 0 Å². The highest BCUT2D eigenvalue weighted by Crippen LogP contribution is 2.25. The van der Waals surface area contributed by atoms with Crippen LogP contribution < -0.4 is 0 Å². The largest absolute Gasteiger partial charge is 0.463 e. The van der Waals surface area contributed by atoms with Crippen molar-refractivity contribution in [3.8, 4) is 0 Å². The number of benzene rings is 1. The second-order valence-electron chi connectivity index (χ2n) is 3.05. The number of halogens is 1. The molecule has 1 aromatic carbocycles. The monoisotopic (exact) mass is 255 g/mol. The third-order valence-electron chi connectivity index (χ3n) is 1.87. The maximum Gasteiger partial charge on any atom is 0.330 e. The number of rotatable bonds is 4. The highest BCUT2D eigenvalue weighted by molar-refractivity contribution is 6.32. The van der Waals surface area contributed by atoms with Crippen LogP contribution in [0.1, 0.15) is 12.5 Å². The third-order valence-corrected chi connectivity index (χ3v) is 2.18. The van der Waals surface area contributed by atoms with Crippen LogP contribution in [0.15, 0.2) is 24.3 Å². The van der Waals surface area contributed by atoms with Gasteiger partial charge in [0.25, 0.3) is 5.69 Å². The molecular weight excluding hydrogens is 246 g/mol. The van der Waals surface area contributed by atoms with E-state index in [1.807, 2.05) is 0 Å². The van der Waals surface area contributed by atoms with Gasteiger partial charge in [0.2, 0.25) is 0 Å². The van der Waals surface area contributed by atoms with Crippen LogP contribution in [-0.4, -0.2) is 17.5 Å². The van der Waals surface area contributed by atoms with Crippen molar-refractivity contribution >= 4 is 29.3 Å². The number of hydrogen-bond donors (Lipinski definition) is 0. The van der Waals surface area contributed by atoms with E-state index in [0.717, 1.165) is 0 Å². The van der Waals surface area contributed by atoms with E-state index in [9.17, 15) is 14.9 Å². The molecule has 0 saturated carbocycles. The molecule has 5 nitrogen and oxygen atoms in total. The molecule has 0 radical (unpaired) electrons. The SMILES string of the molecule is CCOC(=O)C=Cc1ccc(Cl)c([N+](=O)[O-])c1. The number of nitro benzene ring substituents is 1. The summed E-state index contributed by atoms with van der Waals surface area (Å²) >= 11 is 5.65. The number of esters is 1. The minimum Gasteiger partial charge on any atom is -0.463 e. The molecule has 6 heteroatoms. The Morgan fingerprint density at radius 2 is 2.29 bits per heavy atom. The summed E-state index contributed by atoms with van der Waals surface area (Å²) in [7, 11) is 0. The lowest BCUT2D eigenvalue weighted by Crippen LogP contribution is -1.98. The van der Waals surface area contributed by atoms with Gasteiger partial charge in [-0.25, -0.2) is 4.79 Å². The predicted octanol–water partition coefficient (Wildman–Crippen LogP) is 2.82. The first-order chi connectivity index (χ1) is 8.04. The number of hydrogen-bond acceptors (Lipinski definition) is 4. The summed E-state index contributed by atoms with van der Waals surface area (Å²) < 4.78 is 4.68. The first-order valence-corrected chi connectivity index (χ1v) is 5.21. The maximum atomic E-state index is 11.0. The fourth-order valence-corrected chi connectivity index (χ4v) is 1.31. The molecule has 0 fully saturated rings. The summed E-state index contributed by atoms with van der Waals surface area (Å²) in [6.45, 7) is 1.98. The number of nitro groups is 1. The Morgan fingerprint density at radius 1 is 1.59 bits per heavy atom. The number of carbonyl (C=O) groups is 1. The molecule has 0 saturated heterocycles. The van der Waals surface area contributed by atoms with E-state index >= 15 is 0 Å². The van der Waals surface area contributed by atoms with Crippen molar-refractivity contribution in [3.05, 3.63) is 45.0 Å². The van der Waals surface area contributed by atoms with Crippen molar-refractivity contribution in [2.45, 2.75) is 6.92 Å². The van der Waals surface area contributed by atoms with Crippen LogP contribution in [0.4, 0.5) is 5.69 Å². The Kier molecular flexibility index (Phi) is 4.66. The minimum atomic E-state index is -0.579. The lowest BCUT2D eigenvalue weighted by molar-refractivity contribution is -0.384. The van der Waals surface area contributed by atoms with E-state index in [1.54, 1.807) is 13.0 Å². The van der Waals surface area contributed by atoms with E-state index in [2.05, 4.69) is 4.74 Å². The summed E-state index contributed by atoms with van der Waals surface area (Å²) in [4.78, 5) is 21.1. The zero-order chi connectivity index (χ0) is 12.8. The Labute approximate surface area is 103 Å². The van der Waals surface area contributed by atoms with Crippen LogP contribution in [0.2, 0.25) is 5.02 Å². The molecule has 1 rings (SSSR count). The second-order valence-corrected chi connectivity index (χ2v) is 3.46. The molecule has 0 atom stereocenters. The lowest BCUT2D eigenvalue weighted by atomic mass is 10.2. The molecule has 90 valence electrons. The van der Waals surface area contributed by atoms with Gasteiger partial charge in [0.15, 0.2) is 0 Å². The molecule has 0 unspecified atom stereocenters. The number of ether oxygens (including phenoxy) is 1. The van der Waals surface area contributed by atoms with Crippen LogP contribution in [0, 0.1) is 10.1 Å². The number of nitrogens with zero attached hydrogens (tertiary/aromatic N) is 1. The highest BCUT2D eigenvalue weighted by Gasteiger charge is 2.11. The molecule has 0 heterocycles. The molecule has 0 spiro atoms. The predicted molar refractivity (Wildman–Crippen MR) is 63.8 cm³/mol. The quantitative estimate of drug-likeness (QED) is 0.359. The summed E-state index contributed by atoms with van der Waals surface area (Å²) in [5.74, 6) is -0.495. The summed E-state index contributed by atoms with van der Waals surface area (Å²) in [5, 5.41) is 10.7. The van der Waals surface area contributed by atoms with Gasteiger partial charge in [-0.3, -0.25) is 10.1 Å². The zero-order valence-corrected chi connectivity index (χ0v) is 9.81. The van der Waals surface area contributed by atoms with Gasteiger partial charge >= 0.3 is 5.97 Å². The third kappa shape index (κ3) is 3.88. The average molecular weight is 256 g/mol. The standard InChI is InChI=1S/C11H10ClNO4/c1-2-17-11(14)6-4-8-3-5-9(12)10(7-8)13(15)16/h3-7H,2H2,1H3. The summed E-state index contributed by atoms with van der Waals surface area (Å²) in [5.41, 5.74) is 0.312. The average Bonchev–Trinajstić information content (AvgIpc) is 2.28. The van der Waals surface area contributed by atoms with Gasteiger partial charge in [0.05, 0.1) is 11.5 Å². The highest BCUT2D eigenvalue weighted by atomic mass is 35.5. The minimum absolute atomic E-state index is 0.0586. The van der Waals surface area contributed by atoms with Crippen LogP contribution in [0.5, 0.6) is 0 Å². The van der Waals surface area contributed by atoms with Gasteiger partial charge in [-0.05, 0) is 24.6 Å². The van der Waals surface area contributed by atoms with Crippen molar-refractivity contribution in [3.63, 3.8) is 0 Å². The van der Waals surface area contributed by atoms with Crippen molar-refractivity contribution in [2.24, 2.45) is 0 Å². The molecule has 0 N–H and O–H groups in total. The molecule has 17 heavy (non-hydrogen) atoms. The van der Waals surface area contributed by atoms with E-state index < -0.39 is 10.9 Å². The molecule has 0 aliphatic rings. The fraction of sp³-hybridized carbons (Fsp3) is 0.182. The maximum absolute atomic E-state index is 11.0. The molecule has 0 bridgehead atoms. The van der Waals surface area contributed by atoms with Crippen LogP contribution >= 0.6 is 11.6 Å². The van der Waals surface area contributed by atoms with Gasteiger partial charge in [0.1, 0.15) is 5.02 Å². The van der Waals surface area contributed by atoms with Gasteiger partial charge in [-0.1, -0.05) is 17.7 Å². The fourth-order valence-electron chi connectivity index (χ4n) is 1.13. The van der Waals surface area contributed by atoms with Gasteiger partial charge in [-0.2, -0.15) is 0 Å². The van der Waals surface area contributed by atoms with E-state index in [4.69, 9.17) is 11.6 Å². The Bertz CT molecular complexity index is 471. The van der Waals surface area contributed by atoms with Crippen molar-refractivity contribution in [2.75, 3.05) is 6.61 Å². The van der Waals surface area contributed by atoms with Gasteiger partial charge < -0.3 is 4.74 Å². The van der Waals surface area contributed by atoms with E-state index in [1.165, 1.54) is 24.3 Å². The second kappa shape index (κ2) is 6.00. The summed E-state index contributed by atoms with van der Waals surface area (Å²) in [6, 6.07) is 4.27. The topological polar surface area (TPSA) is 69.4 Å². The van der Waals surface area contributed by atoms with Crippen LogP contribution in [-0.2, 0) is 9.53 Å². The molecule has 1 aromatic rings. The number of carbonyl (C=O) groups excluding carboxylic acids is 1. The zero-order valence-electron chi connectivity index (χ0n) is 9.05. The molecule has 0 amide bonds. The van der Waals surface area contributed by atoms with E-state index in [0.29, 0.717) is 5.56 Å². The Morgan fingerprint density at radius 3 is 2.88 bits per heavy atom.